The maximum Gasteiger partial charge on any atom is 0.274 e. The Hall–Kier alpha value is -5.68. The highest BCUT2D eigenvalue weighted by atomic mass is 32.2. The number of nitrogens with one attached hydrogen (secondary N) is 3. The number of sulfone groups is 1. The largest absolute Gasteiger partial charge is 0.379 e. The summed E-state index contributed by atoms with van der Waals surface area (Å²) in [6.07, 6.45) is 5.14. The van der Waals surface area contributed by atoms with Gasteiger partial charge in [-0.2, -0.15) is 0 Å². The number of aromatic nitrogens is 3. The average Bonchev–Trinajstić information content (AvgIpc) is 3.74. The molecule has 3 aromatic heterocycles. The molecule has 0 spiro atoms. The van der Waals surface area contributed by atoms with E-state index < -0.39 is 33.1 Å². The molecule has 27 heteroatoms. The lowest BCUT2D eigenvalue weighted by molar-refractivity contribution is -0.126. The minimum atomic E-state index is -3.68. The van der Waals surface area contributed by atoms with Gasteiger partial charge in [0, 0.05) is 78.4 Å². The van der Waals surface area contributed by atoms with Crippen molar-refractivity contribution in [3.05, 3.63) is 85.9 Å². The fourth-order valence-electron chi connectivity index (χ4n) is 7.32. The van der Waals surface area contributed by atoms with Gasteiger partial charge in [-0.1, -0.05) is 5.11 Å². The molecule has 1 aliphatic heterocycles. The van der Waals surface area contributed by atoms with Crippen molar-refractivity contribution in [1.29, 1.82) is 0 Å². The first-order chi connectivity index (χ1) is 35.9. The molecular weight excluding hydrogens is 1000 g/mol. The summed E-state index contributed by atoms with van der Waals surface area (Å²) < 4.78 is 111. The lowest BCUT2D eigenvalue weighted by atomic mass is 9.96. The summed E-state index contributed by atoms with van der Waals surface area (Å²) in [5, 5.41) is 9.38. The summed E-state index contributed by atoms with van der Waals surface area (Å²) in [5.74, 6) is -3.44. The number of azide groups is 1. The van der Waals surface area contributed by atoms with Crippen LogP contribution in [0.1, 0.15) is 21.5 Å². The lowest BCUT2D eigenvalue weighted by Gasteiger charge is -2.26. The van der Waals surface area contributed by atoms with E-state index in [9.17, 15) is 27.2 Å². The molecule has 0 fully saturated rings. The van der Waals surface area contributed by atoms with Crippen molar-refractivity contribution in [2.24, 2.45) is 12.2 Å². The van der Waals surface area contributed by atoms with Gasteiger partial charge in [-0.15, -0.1) is 0 Å². The molecule has 0 saturated heterocycles. The quantitative estimate of drug-likeness (QED) is 0.0251. The number of carbonyl (C=O) groups is 2. The van der Waals surface area contributed by atoms with Crippen molar-refractivity contribution in [3.63, 3.8) is 0 Å². The van der Waals surface area contributed by atoms with Gasteiger partial charge < -0.3 is 72.5 Å². The SMILES string of the molecule is Cn1cc2c3c(c[nH]c3c1=O)CN(c1ncc(F)cc1F)c1cc(C(=O)NCCOCCOCCOCCOCCOCCOCCNC(=O)COCCOCCOCCOCCN=[N+]=[N-])c(CS(C)(=O)=O)cc1-2. The average molecular weight is 1070 g/mol. The number of pyridine rings is 2. The monoisotopic (exact) mass is 1070 g/mol. The van der Waals surface area contributed by atoms with Gasteiger partial charge in [0.2, 0.25) is 5.91 Å². The molecule has 24 nitrogen and oxygen atoms in total. The molecule has 3 N–H and O–H groups in total. The third-order valence-corrected chi connectivity index (χ3v) is 11.5. The molecular formula is C47H65F2N9O15S. The Kier molecular flexibility index (Phi) is 26.1. The third-order valence-electron chi connectivity index (χ3n) is 10.6. The van der Waals surface area contributed by atoms with Gasteiger partial charge in [-0.3, -0.25) is 14.4 Å². The van der Waals surface area contributed by atoms with Gasteiger partial charge in [0.15, 0.2) is 21.5 Å². The zero-order chi connectivity index (χ0) is 53.0. The maximum absolute atomic E-state index is 15.4. The summed E-state index contributed by atoms with van der Waals surface area (Å²) in [6, 6.07) is 3.71. The molecule has 5 rings (SSSR count). The zero-order valence-corrected chi connectivity index (χ0v) is 42.4. The van der Waals surface area contributed by atoms with E-state index in [-0.39, 0.29) is 92.3 Å². The predicted octanol–water partition coefficient (Wildman–Crippen LogP) is 2.73. The molecule has 0 saturated carbocycles. The third kappa shape index (κ3) is 20.2. The number of anilines is 2. The van der Waals surface area contributed by atoms with Crippen molar-refractivity contribution < 1.29 is 74.2 Å². The van der Waals surface area contributed by atoms with E-state index in [2.05, 4.69) is 30.6 Å². The van der Waals surface area contributed by atoms with Crippen molar-refractivity contribution in [3.8, 4) is 11.1 Å². The number of H-pyrrole nitrogens is 1. The predicted molar refractivity (Wildman–Crippen MR) is 265 cm³/mol. The van der Waals surface area contributed by atoms with E-state index in [0.717, 1.165) is 12.5 Å². The van der Waals surface area contributed by atoms with Crippen LogP contribution < -0.4 is 21.1 Å². The van der Waals surface area contributed by atoms with Crippen LogP contribution in [0.2, 0.25) is 0 Å². The van der Waals surface area contributed by atoms with Gasteiger partial charge in [0.1, 0.15) is 17.9 Å². The van der Waals surface area contributed by atoms with Crippen molar-refractivity contribution in [1.82, 2.24) is 25.2 Å². The van der Waals surface area contributed by atoms with Crippen molar-refractivity contribution >= 4 is 44.1 Å². The molecule has 4 heterocycles. The number of halogens is 2. The molecule has 0 unspecified atom stereocenters. The van der Waals surface area contributed by atoms with E-state index in [1.807, 2.05) is 0 Å². The van der Waals surface area contributed by atoms with Crippen LogP contribution in [0.5, 0.6) is 0 Å². The fraction of sp³-hybridized carbons (Fsp3) is 0.574. The van der Waals surface area contributed by atoms with Gasteiger partial charge in [-0.25, -0.2) is 22.2 Å². The van der Waals surface area contributed by atoms with E-state index in [1.165, 1.54) is 15.5 Å². The van der Waals surface area contributed by atoms with E-state index in [4.69, 9.17) is 52.9 Å². The number of aryl methyl sites for hydroxylation is 1. The Morgan fingerprint density at radius 1 is 0.757 bits per heavy atom. The second-order valence-electron chi connectivity index (χ2n) is 16.3. The van der Waals surface area contributed by atoms with Crippen LogP contribution in [0, 0.1) is 11.6 Å². The number of amides is 2. The first-order valence-corrected chi connectivity index (χ1v) is 25.9. The highest BCUT2D eigenvalue weighted by Gasteiger charge is 2.30. The second-order valence-corrected chi connectivity index (χ2v) is 18.4. The number of hydrogen-bond acceptors (Lipinski definition) is 18. The molecule has 0 radical (unpaired) electrons. The number of ether oxygens (including phenoxy) is 10. The van der Waals surface area contributed by atoms with Crippen LogP contribution in [-0.4, -0.2) is 193 Å². The fourth-order valence-corrected chi connectivity index (χ4v) is 8.12. The number of benzene rings is 1. The molecule has 1 aromatic carbocycles. The molecule has 0 aliphatic carbocycles. The number of hydrogen-bond donors (Lipinski definition) is 3. The van der Waals surface area contributed by atoms with E-state index >= 15 is 4.39 Å². The summed E-state index contributed by atoms with van der Waals surface area (Å²) in [7, 11) is -2.11. The van der Waals surface area contributed by atoms with Crippen molar-refractivity contribution in [2.75, 3.05) is 163 Å². The molecule has 4 aromatic rings. The topological polar surface area (TPSA) is 287 Å². The normalized spacial score (nSPS) is 12.2. The minimum Gasteiger partial charge on any atom is -0.379 e. The van der Waals surface area contributed by atoms with Gasteiger partial charge >= 0.3 is 0 Å². The standard InChI is InChI=1S/C47H65F2N9O15S/c1-57-31-39-38-25-34(33-74(2,62)63)37(27-41(38)58(45-40(49)26-36(48)29-54-45)30-35-28-53-44(43(35)39)47(57)61)46(60)52-4-7-65-10-13-68-16-18-71-20-19-70-17-15-67-12-9-64-6-3-51-42(59)32-73-24-23-72-22-21-69-14-11-66-8-5-55-56-50/h25-29,31,53H,3-24,30,32-33H2,1-2H3,(H,51,59)(H,52,60). The van der Waals surface area contributed by atoms with E-state index in [1.54, 1.807) is 25.5 Å². The maximum atomic E-state index is 15.4. The zero-order valence-electron chi connectivity index (χ0n) is 41.6. The molecule has 0 atom stereocenters. The molecule has 2 amide bonds. The van der Waals surface area contributed by atoms with Crippen LogP contribution in [0.15, 0.2) is 46.7 Å². The summed E-state index contributed by atoms with van der Waals surface area (Å²) in [6.45, 7) is 6.95. The highest BCUT2D eigenvalue weighted by molar-refractivity contribution is 7.89. The van der Waals surface area contributed by atoms with Crippen LogP contribution in [-0.2, 0) is 81.3 Å². The second kappa shape index (κ2) is 32.6. The summed E-state index contributed by atoms with van der Waals surface area (Å²) in [4.78, 5) is 49.9. The highest BCUT2D eigenvalue weighted by Crippen LogP contribution is 2.45. The molecule has 74 heavy (non-hydrogen) atoms. The molecule has 408 valence electrons. The van der Waals surface area contributed by atoms with Crippen molar-refractivity contribution in [2.45, 2.75) is 12.3 Å². The Balaban J connectivity index is 0.875. The first kappa shape index (κ1) is 59.2. The summed E-state index contributed by atoms with van der Waals surface area (Å²) in [5.41, 5.74) is 10.2. The van der Waals surface area contributed by atoms with Gasteiger partial charge in [0.25, 0.3) is 11.5 Å². The van der Waals surface area contributed by atoms with Gasteiger partial charge in [0.05, 0.1) is 150 Å². The number of nitrogens with zero attached hydrogens (tertiary/aromatic N) is 6. The van der Waals surface area contributed by atoms with E-state index in [0.29, 0.717) is 134 Å². The lowest BCUT2D eigenvalue weighted by Crippen LogP contribution is -2.31. The Morgan fingerprint density at radius 2 is 1.28 bits per heavy atom. The van der Waals surface area contributed by atoms with Gasteiger partial charge in [-0.05, 0) is 28.8 Å². The first-order valence-electron chi connectivity index (χ1n) is 23.8. The Labute approximate surface area is 426 Å². The number of fused-ring (bicyclic) bond motifs is 2. The number of carbonyl (C=O) groups excluding carboxylic acids is 2. The van der Waals surface area contributed by atoms with Crippen LogP contribution in [0.4, 0.5) is 20.3 Å². The van der Waals surface area contributed by atoms with Crippen LogP contribution >= 0.6 is 0 Å². The molecule has 1 aliphatic rings. The minimum absolute atomic E-state index is 0.0140. The Bertz CT molecular complexity index is 2620. The number of aromatic amines is 1. The Morgan fingerprint density at radius 3 is 1.82 bits per heavy atom. The van der Waals surface area contributed by atoms with Crippen LogP contribution in [0.25, 0.3) is 32.5 Å². The summed E-state index contributed by atoms with van der Waals surface area (Å²) >= 11 is 0. The smallest absolute Gasteiger partial charge is 0.274 e. The molecule has 0 bridgehead atoms. The number of rotatable bonds is 39. The van der Waals surface area contributed by atoms with Crippen LogP contribution in [0.3, 0.4) is 0 Å².